The predicted octanol–water partition coefficient (Wildman–Crippen LogP) is 3.67. The minimum Gasteiger partial charge on any atom is -0.491 e. The molecule has 24 heavy (non-hydrogen) atoms. The molecule has 0 bridgehead atoms. The summed E-state index contributed by atoms with van der Waals surface area (Å²) in [5, 5.41) is 13.0. The molecule has 1 atom stereocenters. The predicted molar refractivity (Wildman–Crippen MR) is 92.2 cm³/mol. The second-order valence-electron chi connectivity index (χ2n) is 5.34. The van der Waals surface area contributed by atoms with Crippen molar-refractivity contribution in [2.75, 3.05) is 13.2 Å². The van der Waals surface area contributed by atoms with Crippen LogP contribution in [0.1, 0.15) is 10.8 Å². The molecule has 6 heteroatoms. The molecular weight excluding hydrogens is 326 g/mol. The first-order valence-corrected chi connectivity index (χ1v) is 8.52. The summed E-state index contributed by atoms with van der Waals surface area (Å²) < 4.78 is 16.1. The van der Waals surface area contributed by atoms with E-state index in [9.17, 15) is 5.11 Å². The fourth-order valence-corrected chi connectivity index (χ4v) is 2.77. The smallest absolute Gasteiger partial charge is 0.129 e. The number of aryl methyl sites for hydroxylation is 1. The van der Waals surface area contributed by atoms with E-state index in [1.165, 1.54) is 0 Å². The molecular formula is C18H19NO4S. The molecule has 5 nitrogen and oxygen atoms in total. The van der Waals surface area contributed by atoms with Crippen LogP contribution in [-0.4, -0.2) is 29.4 Å². The molecule has 1 unspecified atom stereocenters. The number of benzene rings is 1. The van der Waals surface area contributed by atoms with E-state index in [-0.39, 0.29) is 13.2 Å². The largest absolute Gasteiger partial charge is 0.491 e. The van der Waals surface area contributed by atoms with Crippen LogP contribution >= 0.6 is 11.3 Å². The average molecular weight is 345 g/mol. The summed E-state index contributed by atoms with van der Waals surface area (Å²) in [6.07, 6.45) is 0.898. The van der Waals surface area contributed by atoms with Gasteiger partial charge in [-0.25, -0.2) is 4.98 Å². The first-order chi connectivity index (χ1) is 11.7. The van der Waals surface area contributed by atoms with E-state index in [0.29, 0.717) is 12.4 Å². The molecule has 0 saturated carbocycles. The van der Waals surface area contributed by atoms with Gasteiger partial charge in [-0.05, 0) is 43.3 Å². The van der Waals surface area contributed by atoms with Crippen molar-refractivity contribution in [3.8, 4) is 17.0 Å². The Kier molecular flexibility index (Phi) is 5.63. The van der Waals surface area contributed by atoms with Crippen molar-refractivity contribution in [1.82, 2.24) is 4.98 Å². The Morgan fingerprint density at radius 1 is 1.21 bits per heavy atom. The Balaban J connectivity index is 1.42. The van der Waals surface area contributed by atoms with Crippen molar-refractivity contribution in [3.63, 3.8) is 0 Å². The zero-order valence-corrected chi connectivity index (χ0v) is 14.2. The number of hydrogen-bond donors (Lipinski definition) is 1. The Bertz CT molecular complexity index is 737. The molecule has 0 aliphatic carbocycles. The summed E-state index contributed by atoms with van der Waals surface area (Å²) in [6, 6.07) is 11.3. The minimum atomic E-state index is -0.694. The van der Waals surface area contributed by atoms with Crippen molar-refractivity contribution >= 4 is 11.3 Å². The summed E-state index contributed by atoms with van der Waals surface area (Å²) >= 11 is 1.63. The SMILES string of the molecule is Cc1nc(-c2ccc(OCC(O)COCc3ccco3)cc2)cs1. The maximum atomic E-state index is 9.89. The molecule has 1 aromatic carbocycles. The second kappa shape index (κ2) is 8.10. The molecule has 0 aliphatic heterocycles. The summed E-state index contributed by atoms with van der Waals surface area (Å²) in [7, 11) is 0. The van der Waals surface area contributed by atoms with Gasteiger partial charge in [-0.1, -0.05) is 0 Å². The molecule has 0 spiro atoms. The van der Waals surface area contributed by atoms with Crippen LogP contribution in [0.3, 0.4) is 0 Å². The van der Waals surface area contributed by atoms with Crippen LogP contribution in [0.25, 0.3) is 11.3 Å². The van der Waals surface area contributed by atoms with Crippen molar-refractivity contribution < 1.29 is 19.0 Å². The van der Waals surface area contributed by atoms with E-state index in [1.807, 2.05) is 42.6 Å². The normalized spacial score (nSPS) is 12.2. The summed E-state index contributed by atoms with van der Waals surface area (Å²) in [5.74, 6) is 1.44. The van der Waals surface area contributed by atoms with E-state index in [1.54, 1.807) is 23.7 Å². The van der Waals surface area contributed by atoms with Crippen molar-refractivity contribution in [1.29, 1.82) is 0 Å². The average Bonchev–Trinajstić information content (AvgIpc) is 3.25. The van der Waals surface area contributed by atoms with Crippen molar-refractivity contribution in [3.05, 3.63) is 58.8 Å². The van der Waals surface area contributed by atoms with Gasteiger partial charge in [-0.15, -0.1) is 11.3 Å². The minimum absolute atomic E-state index is 0.174. The molecule has 3 rings (SSSR count). The van der Waals surface area contributed by atoms with Gasteiger partial charge in [0.1, 0.15) is 30.8 Å². The Hall–Kier alpha value is -2.15. The van der Waals surface area contributed by atoms with Crippen molar-refractivity contribution in [2.24, 2.45) is 0 Å². The zero-order chi connectivity index (χ0) is 16.8. The highest BCUT2D eigenvalue weighted by atomic mass is 32.1. The number of hydrogen-bond acceptors (Lipinski definition) is 6. The maximum Gasteiger partial charge on any atom is 0.129 e. The van der Waals surface area contributed by atoms with E-state index in [4.69, 9.17) is 13.9 Å². The number of nitrogens with zero attached hydrogens (tertiary/aromatic N) is 1. The van der Waals surface area contributed by atoms with Crippen LogP contribution in [-0.2, 0) is 11.3 Å². The van der Waals surface area contributed by atoms with Gasteiger partial charge in [0.25, 0.3) is 0 Å². The van der Waals surface area contributed by atoms with Gasteiger partial charge in [0.15, 0.2) is 0 Å². The standard InChI is InChI=1S/C18H19NO4S/c1-13-19-18(12-24-13)14-4-6-16(7-5-14)23-10-15(20)9-21-11-17-3-2-8-22-17/h2-8,12,15,20H,9-11H2,1H3. The van der Waals surface area contributed by atoms with Gasteiger partial charge >= 0.3 is 0 Å². The second-order valence-corrected chi connectivity index (χ2v) is 6.40. The van der Waals surface area contributed by atoms with E-state index in [0.717, 1.165) is 22.0 Å². The quantitative estimate of drug-likeness (QED) is 0.675. The number of aliphatic hydroxyl groups excluding tert-OH is 1. The number of furan rings is 1. The van der Waals surface area contributed by atoms with Crippen LogP contribution in [0.15, 0.2) is 52.5 Å². The molecule has 0 aliphatic rings. The van der Waals surface area contributed by atoms with E-state index >= 15 is 0 Å². The highest BCUT2D eigenvalue weighted by Gasteiger charge is 2.07. The Morgan fingerprint density at radius 3 is 2.71 bits per heavy atom. The van der Waals surface area contributed by atoms with Gasteiger partial charge in [0.05, 0.1) is 23.6 Å². The third kappa shape index (κ3) is 4.67. The molecule has 0 fully saturated rings. The molecule has 1 N–H and O–H groups in total. The van der Waals surface area contributed by atoms with E-state index in [2.05, 4.69) is 4.98 Å². The number of aromatic nitrogens is 1. The van der Waals surface area contributed by atoms with Crippen LogP contribution in [0.5, 0.6) is 5.75 Å². The maximum absolute atomic E-state index is 9.89. The monoisotopic (exact) mass is 345 g/mol. The van der Waals surface area contributed by atoms with Gasteiger partial charge < -0.3 is 19.0 Å². The lowest BCUT2D eigenvalue weighted by molar-refractivity contribution is 0.000881. The first kappa shape index (κ1) is 16.7. The van der Waals surface area contributed by atoms with Crippen molar-refractivity contribution in [2.45, 2.75) is 19.6 Å². The number of thiazole rings is 1. The van der Waals surface area contributed by atoms with Gasteiger partial charge in [0.2, 0.25) is 0 Å². The van der Waals surface area contributed by atoms with Crippen LogP contribution in [0.2, 0.25) is 0 Å². The molecule has 2 aromatic heterocycles. The molecule has 3 aromatic rings. The highest BCUT2D eigenvalue weighted by Crippen LogP contribution is 2.23. The Morgan fingerprint density at radius 2 is 2.04 bits per heavy atom. The van der Waals surface area contributed by atoms with Gasteiger partial charge in [-0.2, -0.15) is 0 Å². The summed E-state index contributed by atoms with van der Waals surface area (Å²) in [4.78, 5) is 4.45. The number of aliphatic hydroxyl groups is 1. The Labute approximate surface area is 144 Å². The summed E-state index contributed by atoms with van der Waals surface area (Å²) in [6.45, 7) is 2.69. The third-order valence-electron chi connectivity index (χ3n) is 3.35. The zero-order valence-electron chi connectivity index (χ0n) is 13.3. The molecule has 0 radical (unpaired) electrons. The molecule has 0 amide bonds. The molecule has 126 valence electrons. The third-order valence-corrected chi connectivity index (χ3v) is 4.12. The highest BCUT2D eigenvalue weighted by molar-refractivity contribution is 7.09. The number of ether oxygens (including phenoxy) is 2. The lowest BCUT2D eigenvalue weighted by atomic mass is 10.2. The topological polar surface area (TPSA) is 64.7 Å². The van der Waals surface area contributed by atoms with Crippen LogP contribution in [0.4, 0.5) is 0 Å². The fraction of sp³-hybridized carbons (Fsp3) is 0.278. The fourth-order valence-electron chi connectivity index (χ4n) is 2.15. The van der Waals surface area contributed by atoms with Crippen LogP contribution < -0.4 is 4.74 Å². The van der Waals surface area contributed by atoms with Gasteiger partial charge in [0, 0.05) is 10.9 Å². The molecule has 0 saturated heterocycles. The van der Waals surface area contributed by atoms with Gasteiger partial charge in [-0.3, -0.25) is 0 Å². The lowest BCUT2D eigenvalue weighted by Crippen LogP contribution is -2.23. The van der Waals surface area contributed by atoms with E-state index < -0.39 is 6.10 Å². The first-order valence-electron chi connectivity index (χ1n) is 7.64. The number of rotatable bonds is 8. The lowest BCUT2D eigenvalue weighted by Gasteiger charge is -2.12. The molecule has 2 heterocycles. The van der Waals surface area contributed by atoms with Crippen LogP contribution in [0, 0.1) is 6.92 Å². The summed E-state index contributed by atoms with van der Waals surface area (Å²) in [5.41, 5.74) is 2.02.